The van der Waals surface area contributed by atoms with E-state index in [4.69, 9.17) is 14.2 Å². The largest absolute Gasteiger partial charge is 0.466 e. The van der Waals surface area contributed by atoms with E-state index in [1.807, 2.05) is 27.7 Å². The van der Waals surface area contributed by atoms with E-state index in [1.54, 1.807) is 4.90 Å². The molecule has 0 radical (unpaired) electrons. The molecular weight excluding hydrogens is 476 g/mol. The highest BCUT2D eigenvalue weighted by molar-refractivity contribution is 5.86. The van der Waals surface area contributed by atoms with Crippen LogP contribution in [0.4, 0.5) is 0 Å². The van der Waals surface area contributed by atoms with Crippen molar-refractivity contribution in [3.8, 4) is 0 Å². The zero-order valence-corrected chi connectivity index (χ0v) is 23.1. The predicted octanol–water partition coefficient (Wildman–Crippen LogP) is 3.38. The average Bonchev–Trinajstić information content (AvgIpc) is 3.33. The van der Waals surface area contributed by atoms with Crippen molar-refractivity contribution in [2.75, 3.05) is 32.9 Å². The van der Waals surface area contributed by atoms with E-state index in [0.717, 1.165) is 25.7 Å². The molecule has 9 heteroatoms. The van der Waals surface area contributed by atoms with Gasteiger partial charge in [-0.1, -0.05) is 12.8 Å². The Kier molecular flexibility index (Phi) is 10.4. The van der Waals surface area contributed by atoms with Crippen LogP contribution in [0.25, 0.3) is 0 Å². The molecule has 1 heterocycles. The lowest BCUT2D eigenvalue weighted by molar-refractivity contribution is -0.164. The van der Waals surface area contributed by atoms with E-state index < -0.39 is 22.9 Å². The van der Waals surface area contributed by atoms with Crippen molar-refractivity contribution in [3.05, 3.63) is 0 Å². The van der Waals surface area contributed by atoms with Crippen LogP contribution in [0.2, 0.25) is 0 Å². The minimum absolute atomic E-state index is 0.00519. The number of nitrogens with zero attached hydrogens (tertiary/aromatic N) is 1. The first kappa shape index (κ1) is 29.4. The van der Waals surface area contributed by atoms with Crippen molar-refractivity contribution >= 4 is 23.8 Å². The highest BCUT2D eigenvalue weighted by Crippen LogP contribution is 2.45. The van der Waals surface area contributed by atoms with Crippen molar-refractivity contribution in [1.29, 1.82) is 0 Å². The van der Waals surface area contributed by atoms with Crippen LogP contribution < -0.4 is 5.32 Å². The molecule has 0 bridgehead atoms. The maximum absolute atomic E-state index is 13.7. The SMILES string of the molecule is CCOC(=O)[C@H]1CC[C@@H](NC(=O)C2(CC(CC(=O)N3CCOCC3)C(=O)OC(C)(C)C)CCCC2)CC1. The van der Waals surface area contributed by atoms with Crippen LogP contribution in [-0.2, 0) is 33.4 Å². The van der Waals surface area contributed by atoms with E-state index in [2.05, 4.69) is 5.32 Å². The van der Waals surface area contributed by atoms with Gasteiger partial charge in [-0.3, -0.25) is 19.2 Å². The van der Waals surface area contributed by atoms with Gasteiger partial charge in [0.05, 0.1) is 37.1 Å². The number of carbonyl (C=O) groups is 4. The number of nitrogens with one attached hydrogen (secondary N) is 1. The first-order valence-corrected chi connectivity index (χ1v) is 14.1. The van der Waals surface area contributed by atoms with Gasteiger partial charge in [-0.25, -0.2) is 0 Å². The molecule has 1 aliphatic heterocycles. The van der Waals surface area contributed by atoms with E-state index in [-0.39, 0.29) is 36.2 Å². The quantitative estimate of drug-likeness (QED) is 0.462. The van der Waals surface area contributed by atoms with Gasteiger partial charge in [-0.2, -0.15) is 0 Å². The number of morpholine rings is 1. The molecule has 2 aliphatic carbocycles. The molecule has 2 saturated carbocycles. The van der Waals surface area contributed by atoms with Crippen molar-refractivity contribution in [1.82, 2.24) is 10.2 Å². The summed E-state index contributed by atoms with van der Waals surface area (Å²) in [7, 11) is 0. The Bertz CT molecular complexity index is 802. The smallest absolute Gasteiger partial charge is 0.310 e. The molecule has 0 aromatic heterocycles. The minimum atomic E-state index is -0.690. The van der Waals surface area contributed by atoms with Crippen LogP contribution in [0.1, 0.15) is 91.9 Å². The monoisotopic (exact) mass is 522 g/mol. The van der Waals surface area contributed by atoms with Crippen LogP contribution in [0.3, 0.4) is 0 Å². The molecule has 0 aromatic carbocycles. The van der Waals surface area contributed by atoms with Crippen LogP contribution in [-0.4, -0.2) is 73.2 Å². The highest BCUT2D eigenvalue weighted by Gasteiger charge is 2.46. The fourth-order valence-electron chi connectivity index (χ4n) is 5.90. The molecule has 0 spiro atoms. The second kappa shape index (κ2) is 13.1. The number of hydrogen-bond acceptors (Lipinski definition) is 7. The lowest BCUT2D eigenvalue weighted by Crippen LogP contribution is -2.48. The second-order valence-corrected chi connectivity index (χ2v) is 11.9. The highest BCUT2D eigenvalue weighted by atomic mass is 16.6. The summed E-state index contributed by atoms with van der Waals surface area (Å²) >= 11 is 0. The lowest BCUT2D eigenvalue weighted by atomic mass is 9.75. The van der Waals surface area contributed by atoms with Gasteiger partial charge in [-0.05, 0) is 72.6 Å². The van der Waals surface area contributed by atoms with Gasteiger partial charge < -0.3 is 24.4 Å². The Morgan fingerprint density at radius 1 is 1.03 bits per heavy atom. The van der Waals surface area contributed by atoms with Crippen molar-refractivity contribution in [2.24, 2.45) is 17.3 Å². The zero-order chi connectivity index (χ0) is 27.1. The predicted molar refractivity (Wildman–Crippen MR) is 137 cm³/mol. The Morgan fingerprint density at radius 2 is 1.65 bits per heavy atom. The van der Waals surface area contributed by atoms with E-state index in [0.29, 0.717) is 65.0 Å². The normalized spacial score (nSPS) is 24.7. The summed E-state index contributed by atoms with van der Waals surface area (Å²) in [4.78, 5) is 53.9. The summed E-state index contributed by atoms with van der Waals surface area (Å²) in [5, 5.41) is 3.25. The fourth-order valence-corrected chi connectivity index (χ4v) is 5.90. The van der Waals surface area contributed by atoms with Gasteiger partial charge in [0.2, 0.25) is 11.8 Å². The maximum atomic E-state index is 13.7. The van der Waals surface area contributed by atoms with E-state index >= 15 is 0 Å². The van der Waals surface area contributed by atoms with Crippen LogP contribution in [0.15, 0.2) is 0 Å². The van der Waals surface area contributed by atoms with Crippen molar-refractivity contribution in [3.63, 3.8) is 0 Å². The Hall–Kier alpha value is -2.16. The molecule has 1 N–H and O–H groups in total. The molecule has 2 amide bonds. The Labute approximate surface area is 221 Å². The number of carbonyl (C=O) groups excluding carboxylic acids is 4. The number of rotatable bonds is 9. The molecule has 3 rings (SSSR count). The molecule has 3 aliphatic rings. The number of hydrogen-bond donors (Lipinski definition) is 1. The summed E-state index contributed by atoms with van der Waals surface area (Å²) < 4.78 is 16.2. The van der Waals surface area contributed by atoms with E-state index in [9.17, 15) is 19.2 Å². The standard InChI is InChI=1S/C28H46N2O7/c1-5-36-24(32)20-8-10-22(11-9-20)29-26(34)28(12-6-7-13-28)19-21(25(33)37-27(2,3)4)18-23(31)30-14-16-35-17-15-30/h20-22H,5-19H2,1-4H3,(H,29,34)/t20-,21?,22+. The maximum Gasteiger partial charge on any atom is 0.310 e. The molecule has 9 nitrogen and oxygen atoms in total. The molecule has 37 heavy (non-hydrogen) atoms. The third-order valence-corrected chi connectivity index (χ3v) is 7.89. The lowest BCUT2D eigenvalue weighted by Gasteiger charge is -2.36. The summed E-state index contributed by atoms with van der Waals surface area (Å²) in [5.41, 5.74) is -1.37. The third-order valence-electron chi connectivity index (χ3n) is 7.89. The Morgan fingerprint density at radius 3 is 2.22 bits per heavy atom. The van der Waals surface area contributed by atoms with Gasteiger partial charge in [-0.15, -0.1) is 0 Å². The molecule has 0 aromatic rings. The number of amides is 2. The molecule has 210 valence electrons. The topological polar surface area (TPSA) is 111 Å². The summed E-state index contributed by atoms with van der Waals surface area (Å²) in [6.07, 6.45) is 6.44. The number of esters is 2. The second-order valence-electron chi connectivity index (χ2n) is 11.9. The first-order chi connectivity index (χ1) is 17.5. The van der Waals surface area contributed by atoms with Gasteiger partial charge in [0.15, 0.2) is 0 Å². The molecular formula is C28H46N2O7. The van der Waals surface area contributed by atoms with Gasteiger partial charge >= 0.3 is 11.9 Å². The van der Waals surface area contributed by atoms with Crippen molar-refractivity contribution in [2.45, 2.75) is 104 Å². The first-order valence-electron chi connectivity index (χ1n) is 14.1. The number of ether oxygens (including phenoxy) is 3. The summed E-state index contributed by atoms with van der Waals surface area (Å²) in [6.45, 7) is 9.65. The van der Waals surface area contributed by atoms with Crippen molar-refractivity contribution < 1.29 is 33.4 Å². The van der Waals surface area contributed by atoms with Crippen LogP contribution in [0, 0.1) is 17.3 Å². The van der Waals surface area contributed by atoms with Gasteiger partial charge in [0.25, 0.3) is 0 Å². The molecule has 1 saturated heterocycles. The molecule has 3 fully saturated rings. The molecule has 1 atom stereocenters. The molecule has 1 unspecified atom stereocenters. The fraction of sp³-hybridized carbons (Fsp3) is 0.857. The summed E-state index contributed by atoms with van der Waals surface area (Å²) in [6, 6.07) is 0.00519. The average molecular weight is 523 g/mol. The van der Waals surface area contributed by atoms with Gasteiger partial charge in [0, 0.05) is 25.6 Å². The zero-order valence-electron chi connectivity index (χ0n) is 23.1. The Balaban J connectivity index is 1.68. The van der Waals surface area contributed by atoms with E-state index in [1.165, 1.54) is 0 Å². The third kappa shape index (κ3) is 8.42. The summed E-state index contributed by atoms with van der Waals surface area (Å²) in [5.74, 6) is -1.47. The van der Waals surface area contributed by atoms with Gasteiger partial charge in [0.1, 0.15) is 5.60 Å². The van der Waals surface area contributed by atoms with Crippen LogP contribution in [0.5, 0.6) is 0 Å². The van der Waals surface area contributed by atoms with Crippen LogP contribution >= 0.6 is 0 Å². The minimum Gasteiger partial charge on any atom is -0.466 e.